The van der Waals surface area contributed by atoms with Crippen molar-refractivity contribution in [3.8, 4) is 0 Å². The van der Waals surface area contributed by atoms with Gasteiger partial charge in [-0.25, -0.2) is 23.1 Å². The number of hydrogen-bond donors (Lipinski definition) is 1. The minimum absolute atomic E-state index is 0.00618. The molecular weight excluding hydrogens is 518 g/mol. The molecule has 0 radical (unpaired) electrons. The first kappa shape index (κ1) is 26.0. The minimum atomic E-state index is -4.39. The molecule has 0 fully saturated rings. The lowest BCUT2D eigenvalue weighted by atomic mass is 10.0. The lowest BCUT2D eigenvalue weighted by Crippen LogP contribution is -2.34. The van der Waals surface area contributed by atoms with E-state index < -0.39 is 31.4 Å². The molecule has 0 saturated heterocycles. The first-order valence-corrected chi connectivity index (χ1v) is 13.7. The van der Waals surface area contributed by atoms with E-state index in [9.17, 15) is 23.3 Å². The Morgan fingerprint density at radius 3 is 2.59 bits per heavy atom. The lowest BCUT2D eigenvalue weighted by Gasteiger charge is -2.29. The zero-order chi connectivity index (χ0) is 27.6. The smallest absolute Gasteiger partial charge is 0.270 e. The van der Waals surface area contributed by atoms with Crippen LogP contribution in [0.1, 0.15) is 38.3 Å². The molecule has 198 valence electrons. The first-order chi connectivity index (χ1) is 18.7. The second kappa shape index (κ2) is 10.6. The molecule has 0 bridgehead atoms. The Morgan fingerprint density at radius 1 is 1.05 bits per heavy atom. The van der Waals surface area contributed by atoms with Gasteiger partial charge in [0.25, 0.3) is 21.6 Å². The molecule has 1 aromatic heterocycles. The van der Waals surface area contributed by atoms with E-state index in [0.717, 1.165) is 23.6 Å². The quantitative estimate of drug-likeness (QED) is 0.273. The fourth-order valence-electron chi connectivity index (χ4n) is 4.57. The van der Waals surface area contributed by atoms with Crippen molar-refractivity contribution < 1.29 is 18.1 Å². The molecule has 0 saturated carbocycles. The van der Waals surface area contributed by atoms with Crippen molar-refractivity contribution in [2.45, 2.75) is 31.2 Å². The van der Waals surface area contributed by atoms with E-state index in [0.29, 0.717) is 24.7 Å². The average Bonchev–Trinajstić information content (AvgIpc) is 2.92. The van der Waals surface area contributed by atoms with Crippen LogP contribution < -0.4 is 9.62 Å². The number of amides is 1. The van der Waals surface area contributed by atoms with E-state index in [4.69, 9.17) is 4.98 Å². The van der Waals surface area contributed by atoms with Gasteiger partial charge in [0.05, 0.1) is 21.1 Å². The molecule has 2 heterocycles. The molecule has 11 heteroatoms. The van der Waals surface area contributed by atoms with Gasteiger partial charge in [0, 0.05) is 37.8 Å². The fourth-order valence-corrected chi connectivity index (χ4v) is 5.57. The van der Waals surface area contributed by atoms with Crippen molar-refractivity contribution in [1.29, 1.82) is 0 Å². The van der Waals surface area contributed by atoms with Crippen LogP contribution in [0.5, 0.6) is 0 Å². The summed E-state index contributed by atoms with van der Waals surface area (Å²) >= 11 is 0. The molecule has 0 aliphatic carbocycles. The Hall–Kier alpha value is -4.64. The van der Waals surface area contributed by atoms with E-state index in [2.05, 4.69) is 17.1 Å². The third kappa shape index (κ3) is 5.78. The summed E-state index contributed by atoms with van der Waals surface area (Å²) in [6.45, 7) is 3.28. The number of aryl methyl sites for hydroxylation is 1. The summed E-state index contributed by atoms with van der Waals surface area (Å²) < 4.78 is 27.9. The van der Waals surface area contributed by atoms with Crippen LogP contribution in [-0.4, -0.2) is 35.8 Å². The summed E-state index contributed by atoms with van der Waals surface area (Å²) in [6.07, 6.45) is 2.45. The van der Waals surface area contributed by atoms with Crippen molar-refractivity contribution in [1.82, 2.24) is 14.7 Å². The number of nitro benzene ring substituents is 1. The second-order valence-corrected chi connectivity index (χ2v) is 11.0. The molecule has 0 spiro atoms. The third-order valence-electron chi connectivity index (χ3n) is 6.53. The van der Waals surface area contributed by atoms with E-state index in [-0.39, 0.29) is 12.0 Å². The second-order valence-electron chi connectivity index (χ2n) is 9.33. The predicted octanol–water partition coefficient (Wildman–Crippen LogP) is 3.97. The SMILES string of the molecule is Cc1cccc(Cc2nc(N3CCc4ccccc4C3)ncc2C(=O)NS(=O)(=O)c2cccc([N+](=O)[O-])c2)c1. The van der Waals surface area contributed by atoms with Crippen LogP contribution in [0.25, 0.3) is 0 Å². The maximum absolute atomic E-state index is 13.3. The normalized spacial score (nSPS) is 13.0. The summed E-state index contributed by atoms with van der Waals surface area (Å²) in [5.74, 6) is -0.468. The molecule has 39 heavy (non-hydrogen) atoms. The number of nitro groups is 1. The molecule has 1 aliphatic heterocycles. The number of sulfonamides is 1. The Labute approximate surface area is 225 Å². The number of aromatic nitrogens is 2. The molecule has 0 atom stereocenters. The van der Waals surface area contributed by atoms with Crippen LogP contribution in [0.2, 0.25) is 0 Å². The molecule has 0 unspecified atom stereocenters. The van der Waals surface area contributed by atoms with E-state index in [1.165, 1.54) is 35.5 Å². The number of nitrogens with zero attached hydrogens (tertiary/aromatic N) is 4. The van der Waals surface area contributed by atoms with Crippen molar-refractivity contribution in [2.24, 2.45) is 0 Å². The van der Waals surface area contributed by atoms with Crippen LogP contribution in [0.3, 0.4) is 0 Å². The zero-order valence-corrected chi connectivity index (χ0v) is 21.9. The Balaban J connectivity index is 1.47. The van der Waals surface area contributed by atoms with Crippen LogP contribution in [0.15, 0.2) is 83.9 Å². The van der Waals surface area contributed by atoms with Crippen LogP contribution >= 0.6 is 0 Å². The molecule has 4 aromatic rings. The van der Waals surface area contributed by atoms with Gasteiger partial charge in [-0.15, -0.1) is 0 Å². The summed E-state index contributed by atoms with van der Waals surface area (Å²) in [5.41, 5.74) is 4.37. The van der Waals surface area contributed by atoms with Crippen LogP contribution in [0.4, 0.5) is 11.6 Å². The van der Waals surface area contributed by atoms with Crippen molar-refractivity contribution >= 4 is 27.6 Å². The minimum Gasteiger partial charge on any atom is -0.336 e. The first-order valence-electron chi connectivity index (χ1n) is 12.2. The van der Waals surface area contributed by atoms with Gasteiger partial charge in [0.2, 0.25) is 5.95 Å². The van der Waals surface area contributed by atoms with Gasteiger partial charge in [-0.2, -0.15) is 0 Å². The zero-order valence-electron chi connectivity index (χ0n) is 21.1. The Bertz CT molecular complexity index is 1690. The maximum Gasteiger partial charge on any atom is 0.270 e. The van der Waals surface area contributed by atoms with Crippen molar-refractivity contribution in [3.05, 3.63) is 123 Å². The number of benzene rings is 3. The van der Waals surface area contributed by atoms with Crippen molar-refractivity contribution in [2.75, 3.05) is 11.4 Å². The van der Waals surface area contributed by atoms with Crippen LogP contribution in [-0.2, 0) is 29.4 Å². The number of hydrogen-bond acceptors (Lipinski definition) is 8. The molecule has 3 aromatic carbocycles. The summed E-state index contributed by atoms with van der Waals surface area (Å²) in [6, 6.07) is 20.4. The largest absolute Gasteiger partial charge is 0.336 e. The molecule has 5 rings (SSSR count). The van der Waals surface area contributed by atoms with E-state index >= 15 is 0 Å². The van der Waals surface area contributed by atoms with Gasteiger partial charge in [-0.05, 0) is 36.1 Å². The molecule has 1 amide bonds. The Morgan fingerprint density at radius 2 is 1.82 bits per heavy atom. The highest BCUT2D eigenvalue weighted by molar-refractivity contribution is 7.90. The number of carbonyl (C=O) groups is 1. The summed E-state index contributed by atoms with van der Waals surface area (Å²) in [7, 11) is -4.39. The lowest BCUT2D eigenvalue weighted by molar-refractivity contribution is -0.385. The summed E-state index contributed by atoms with van der Waals surface area (Å²) in [5, 5.41) is 11.1. The highest BCUT2D eigenvalue weighted by Crippen LogP contribution is 2.24. The van der Waals surface area contributed by atoms with Gasteiger partial charge >= 0.3 is 0 Å². The Kier molecular flexibility index (Phi) is 7.07. The maximum atomic E-state index is 13.3. The highest BCUT2D eigenvalue weighted by atomic mass is 32.2. The highest BCUT2D eigenvalue weighted by Gasteiger charge is 2.25. The predicted molar refractivity (Wildman–Crippen MR) is 145 cm³/mol. The molecule has 10 nitrogen and oxygen atoms in total. The van der Waals surface area contributed by atoms with Gasteiger partial charge in [0.15, 0.2) is 0 Å². The topological polar surface area (TPSA) is 135 Å². The fraction of sp³-hybridized carbons (Fsp3) is 0.179. The number of non-ortho nitro benzene ring substituents is 1. The van der Waals surface area contributed by atoms with Crippen LogP contribution in [0, 0.1) is 17.0 Å². The molecule has 1 N–H and O–H groups in total. The standard InChI is InChI=1S/C28H25N5O5S/c1-19-6-4-7-20(14-19)15-26-25(27(34)31-39(37,38)24-11-5-10-23(16-24)33(35)36)17-29-28(30-26)32-13-12-21-8-2-3-9-22(21)18-32/h2-11,14,16-17H,12-13,15,18H2,1H3,(H,31,34). The van der Waals surface area contributed by atoms with Gasteiger partial charge in [0.1, 0.15) is 0 Å². The van der Waals surface area contributed by atoms with Crippen molar-refractivity contribution in [3.63, 3.8) is 0 Å². The van der Waals surface area contributed by atoms with E-state index in [1.54, 1.807) is 0 Å². The number of nitrogens with one attached hydrogen (secondary N) is 1. The third-order valence-corrected chi connectivity index (χ3v) is 7.86. The summed E-state index contributed by atoms with van der Waals surface area (Å²) in [4.78, 5) is 34.5. The van der Waals surface area contributed by atoms with Gasteiger partial charge in [-0.1, -0.05) is 60.2 Å². The monoisotopic (exact) mass is 543 g/mol. The van der Waals surface area contributed by atoms with Gasteiger partial charge < -0.3 is 4.90 Å². The number of carbonyl (C=O) groups excluding carboxylic acids is 1. The van der Waals surface area contributed by atoms with Gasteiger partial charge in [-0.3, -0.25) is 14.9 Å². The number of rotatable bonds is 7. The number of anilines is 1. The average molecular weight is 544 g/mol. The number of fused-ring (bicyclic) bond motifs is 1. The van der Waals surface area contributed by atoms with E-state index in [1.807, 2.05) is 52.9 Å². The molecular formula is C28H25N5O5S. The molecule has 1 aliphatic rings.